The monoisotopic (exact) mass is 268 g/mol. The highest BCUT2D eigenvalue weighted by molar-refractivity contribution is 6.30. The number of ether oxygens (including phenoxy) is 1. The molecule has 1 aliphatic heterocycles. The molecule has 100 valence electrons. The lowest BCUT2D eigenvalue weighted by Gasteiger charge is -2.42. The number of anilines is 1. The van der Waals surface area contributed by atoms with Crippen LogP contribution in [0.5, 0.6) is 5.75 Å². The molecular formula is C14H21ClN2O. The molecule has 3 nitrogen and oxygen atoms in total. The normalized spacial score (nSPS) is 24.1. The van der Waals surface area contributed by atoms with Gasteiger partial charge in [-0.05, 0) is 31.5 Å². The molecule has 1 aliphatic rings. The third-order valence-corrected chi connectivity index (χ3v) is 3.97. The lowest BCUT2D eigenvalue weighted by molar-refractivity contribution is 0.312. The van der Waals surface area contributed by atoms with Crippen LogP contribution in [0.1, 0.15) is 20.3 Å². The van der Waals surface area contributed by atoms with Crippen LogP contribution in [0.15, 0.2) is 18.2 Å². The summed E-state index contributed by atoms with van der Waals surface area (Å²) in [7, 11) is 1.70. The Morgan fingerprint density at radius 3 is 2.94 bits per heavy atom. The number of piperazine rings is 1. The Morgan fingerprint density at radius 2 is 2.28 bits per heavy atom. The highest BCUT2D eigenvalue weighted by Gasteiger charge is 2.29. The Bertz CT molecular complexity index is 424. The van der Waals surface area contributed by atoms with Crippen molar-refractivity contribution in [3.05, 3.63) is 23.2 Å². The van der Waals surface area contributed by atoms with Crippen LogP contribution in [0.3, 0.4) is 0 Å². The zero-order chi connectivity index (χ0) is 13.2. The highest BCUT2D eigenvalue weighted by Crippen LogP contribution is 2.33. The van der Waals surface area contributed by atoms with E-state index in [1.54, 1.807) is 7.11 Å². The fourth-order valence-corrected chi connectivity index (χ4v) is 2.57. The summed E-state index contributed by atoms with van der Waals surface area (Å²) in [6.07, 6.45) is 1.10. The quantitative estimate of drug-likeness (QED) is 0.912. The van der Waals surface area contributed by atoms with Crippen LogP contribution in [0, 0.1) is 0 Å². The molecule has 1 atom stereocenters. The van der Waals surface area contributed by atoms with E-state index in [0.29, 0.717) is 0 Å². The van der Waals surface area contributed by atoms with Gasteiger partial charge < -0.3 is 15.0 Å². The summed E-state index contributed by atoms with van der Waals surface area (Å²) in [5.41, 5.74) is 1.25. The van der Waals surface area contributed by atoms with Crippen LogP contribution in [-0.2, 0) is 0 Å². The molecule has 1 N–H and O–H groups in total. The lowest BCUT2D eigenvalue weighted by Crippen LogP contribution is -2.58. The highest BCUT2D eigenvalue weighted by atomic mass is 35.5. The fraction of sp³-hybridized carbons (Fsp3) is 0.571. The van der Waals surface area contributed by atoms with Crippen LogP contribution in [0.25, 0.3) is 0 Å². The van der Waals surface area contributed by atoms with Crippen molar-refractivity contribution in [3.63, 3.8) is 0 Å². The van der Waals surface area contributed by atoms with Gasteiger partial charge in [0.15, 0.2) is 0 Å². The van der Waals surface area contributed by atoms with E-state index in [1.807, 2.05) is 18.2 Å². The van der Waals surface area contributed by atoms with E-state index in [4.69, 9.17) is 16.3 Å². The van der Waals surface area contributed by atoms with Crippen LogP contribution >= 0.6 is 11.6 Å². The zero-order valence-corrected chi connectivity index (χ0v) is 12.0. The zero-order valence-electron chi connectivity index (χ0n) is 11.3. The van der Waals surface area contributed by atoms with Gasteiger partial charge in [0.2, 0.25) is 0 Å². The molecule has 0 saturated carbocycles. The van der Waals surface area contributed by atoms with Crippen molar-refractivity contribution in [2.45, 2.75) is 25.8 Å². The summed E-state index contributed by atoms with van der Waals surface area (Å²) in [5, 5.41) is 4.33. The molecule has 0 amide bonds. The number of hydrogen-bond donors (Lipinski definition) is 1. The van der Waals surface area contributed by atoms with Gasteiger partial charge in [-0.15, -0.1) is 0 Å². The van der Waals surface area contributed by atoms with E-state index >= 15 is 0 Å². The van der Waals surface area contributed by atoms with Crippen molar-refractivity contribution in [2.75, 3.05) is 31.6 Å². The van der Waals surface area contributed by atoms with Gasteiger partial charge in [0.05, 0.1) is 12.8 Å². The summed E-state index contributed by atoms with van der Waals surface area (Å²) in [6, 6.07) is 5.79. The van der Waals surface area contributed by atoms with Crippen LogP contribution in [0.2, 0.25) is 5.02 Å². The first-order chi connectivity index (χ1) is 8.58. The molecule has 1 saturated heterocycles. The molecule has 0 spiro atoms. The van der Waals surface area contributed by atoms with Crippen LogP contribution in [-0.4, -0.2) is 32.3 Å². The Kier molecular flexibility index (Phi) is 4.03. The van der Waals surface area contributed by atoms with Gasteiger partial charge >= 0.3 is 0 Å². The molecule has 1 aromatic rings. The average molecular weight is 269 g/mol. The van der Waals surface area contributed by atoms with Crippen molar-refractivity contribution in [3.8, 4) is 5.75 Å². The number of rotatable bonds is 3. The number of benzene rings is 1. The molecule has 1 fully saturated rings. The maximum absolute atomic E-state index is 6.10. The van der Waals surface area contributed by atoms with Gasteiger partial charge in [0, 0.05) is 30.2 Å². The number of methoxy groups -OCH3 is 1. The van der Waals surface area contributed by atoms with E-state index in [2.05, 4.69) is 24.1 Å². The fourth-order valence-electron chi connectivity index (χ4n) is 2.40. The van der Waals surface area contributed by atoms with Crippen molar-refractivity contribution >= 4 is 17.3 Å². The summed E-state index contributed by atoms with van der Waals surface area (Å²) in [4.78, 5) is 2.35. The van der Waals surface area contributed by atoms with Crippen molar-refractivity contribution in [1.82, 2.24) is 5.32 Å². The average Bonchev–Trinajstić information content (AvgIpc) is 2.39. The van der Waals surface area contributed by atoms with Gasteiger partial charge in [-0.3, -0.25) is 0 Å². The van der Waals surface area contributed by atoms with Gasteiger partial charge in [-0.2, -0.15) is 0 Å². The second-order valence-electron chi connectivity index (χ2n) is 5.08. The third kappa shape index (κ3) is 2.73. The summed E-state index contributed by atoms with van der Waals surface area (Å²) in [6.45, 7) is 7.41. The molecule has 1 unspecified atom stereocenters. The lowest BCUT2D eigenvalue weighted by atomic mass is 9.95. The van der Waals surface area contributed by atoms with Crippen LogP contribution < -0.4 is 15.0 Å². The number of halogens is 1. The van der Waals surface area contributed by atoms with Crippen molar-refractivity contribution in [1.29, 1.82) is 0 Å². The third-order valence-electron chi connectivity index (χ3n) is 3.74. The Balaban J connectivity index is 2.28. The minimum absolute atomic E-state index is 0.158. The molecule has 1 aromatic carbocycles. The summed E-state index contributed by atoms with van der Waals surface area (Å²) < 4.78 is 5.43. The second kappa shape index (κ2) is 5.37. The Hall–Kier alpha value is -0.930. The Morgan fingerprint density at radius 1 is 1.50 bits per heavy atom. The summed E-state index contributed by atoms with van der Waals surface area (Å²) >= 11 is 6.10. The molecule has 0 aliphatic carbocycles. The van der Waals surface area contributed by atoms with E-state index < -0.39 is 0 Å². The molecule has 0 aromatic heterocycles. The molecule has 2 rings (SSSR count). The first-order valence-electron chi connectivity index (χ1n) is 6.41. The largest absolute Gasteiger partial charge is 0.495 e. The Labute approximate surface area is 114 Å². The van der Waals surface area contributed by atoms with Crippen molar-refractivity contribution < 1.29 is 4.74 Å². The topological polar surface area (TPSA) is 24.5 Å². The first-order valence-corrected chi connectivity index (χ1v) is 6.79. The maximum Gasteiger partial charge on any atom is 0.142 e. The van der Waals surface area contributed by atoms with E-state index in [1.165, 1.54) is 0 Å². The van der Waals surface area contributed by atoms with E-state index in [9.17, 15) is 0 Å². The number of nitrogens with zero attached hydrogens (tertiary/aromatic N) is 1. The SMILES string of the molecule is CCC1(C)CN(c2cc(Cl)ccc2OC)CCN1. The van der Waals surface area contributed by atoms with Gasteiger partial charge in [0.25, 0.3) is 0 Å². The van der Waals surface area contributed by atoms with Gasteiger partial charge in [-0.1, -0.05) is 18.5 Å². The summed E-state index contributed by atoms with van der Waals surface area (Å²) in [5.74, 6) is 0.889. The molecular weight excluding hydrogens is 248 g/mol. The van der Waals surface area contributed by atoms with Crippen molar-refractivity contribution in [2.24, 2.45) is 0 Å². The van der Waals surface area contributed by atoms with E-state index in [0.717, 1.165) is 42.5 Å². The molecule has 0 bridgehead atoms. The maximum atomic E-state index is 6.10. The van der Waals surface area contributed by atoms with Gasteiger partial charge in [-0.25, -0.2) is 0 Å². The predicted molar refractivity (Wildman–Crippen MR) is 76.9 cm³/mol. The number of nitrogens with one attached hydrogen (secondary N) is 1. The van der Waals surface area contributed by atoms with Crippen LogP contribution in [0.4, 0.5) is 5.69 Å². The minimum atomic E-state index is 0.158. The second-order valence-corrected chi connectivity index (χ2v) is 5.52. The molecule has 18 heavy (non-hydrogen) atoms. The van der Waals surface area contributed by atoms with Gasteiger partial charge in [0.1, 0.15) is 5.75 Å². The molecule has 1 heterocycles. The first kappa shape index (κ1) is 13.5. The number of hydrogen-bond acceptors (Lipinski definition) is 3. The predicted octanol–water partition coefficient (Wildman–Crippen LogP) is 2.93. The standard InChI is InChI=1S/C14H21ClN2O/c1-4-14(2)10-17(8-7-16-14)12-9-11(15)5-6-13(12)18-3/h5-6,9,16H,4,7-8,10H2,1-3H3. The molecule has 4 heteroatoms. The minimum Gasteiger partial charge on any atom is -0.495 e. The molecule has 0 radical (unpaired) electrons. The smallest absolute Gasteiger partial charge is 0.142 e. The van der Waals surface area contributed by atoms with E-state index in [-0.39, 0.29) is 5.54 Å².